The van der Waals surface area contributed by atoms with Gasteiger partial charge in [-0.15, -0.1) is 11.6 Å². The zero-order valence-corrected chi connectivity index (χ0v) is 38.3. The summed E-state index contributed by atoms with van der Waals surface area (Å²) in [6, 6.07) is 2.90. The third kappa shape index (κ3) is 12.0. The monoisotopic (exact) mass is 896 g/mol. The Balaban J connectivity index is 1.86. The number of ether oxygens (including phenoxy) is 1. The van der Waals surface area contributed by atoms with E-state index in [-0.39, 0.29) is 31.2 Å². The molecule has 1 aromatic carbocycles. The minimum atomic E-state index is -1.72. The first-order valence-corrected chi connectivity index (χ1v) is 21.5. The normalized spacial score (nSPS) is 27.0. The number of hydrogen-bond donors (Lipinski definition) is 4. The lowest BCUT2D eigenvalue weighted by molar-refractivity contribution is -0.161. The van der Waals surface area contributed by atoms with Gasteiger partial charge in [-0.2, -0.15) is 0 Å². The minimum Gasteiger partial charge on any atom is -0.505 e. The molecule has 0 aliphatic carbocycles. The van der Waals surface area contributed by atoms with Crippen LogP contribution in [0.3, 0.4) is 0 Å². The molecule has 19 heteroatoms. The molecule has 4 N–H and O–H groups in total. The van der Waals surface area contributed by atoms with Crippen molar-refractivity contribution in [1.29, 1.82) is 0 Å². The molecule has 2 fully saturated rings. The second kappa shape index (κ2) is 21.5. The number of esters is 1. The van der Waals surface area contributed by atoms with Crippen LogP contribution < -0.4 is 16.0 Å². The number of cyclic esters (lactones) is 1. The standard InChI is InChI=1S/C44H61ClN8O10/c1-23(2)19-30-42(60)53-21-29(45)20-31(53)43(61)50(8)22-33(55)51(9)36(25(5)24(3)4)40(58)47-26(6)41(59)52(10)37(28-15-12-11-13-16-28)44(62)63-27(7)34(38(56)48-30)49-39(57)35-32(54)17-14-18-46-35/h11-18,23-27,29-31,34,36-37,54H,19-22H2,1-10H3,(H,47,58)(H,48,56)(H,49,57)/t25?,26?,27?,29-,30?,31+,34?,36?,37?/m1/s1. The molecule has 344 valence electrons. The smallest absolute Gasteiger partial charge is 0.333 e. The van der Waals surface area contributed by atoms with Crippen molar-refractivity contribution < 1.29 is 48.2 Å². The number of amides is 7. The summed E-state index contributed by atoms with van der Waals surface area (Å²) in [7, 11) is 4.19. The van der Waals surface area contributed by atoms with Gasteiger partial charge in [0.25, 0.3) is 5.91 Å². The van der Waals surface area contributed by atoms with Crippen LogP contribution in [0.1, 0.15) is 83.4 Å². The van der Waals surface area contributed by atoms with Crippen molar-refractivity contribution >= 4 is 58.9 Å². The highest BCUT2D eigenvalue weighted by Gasteiger charge is 2.45. The van der Waals surface area contributed by atoms with E-state index in [1.54, 1.807) is 37.3 Å². The van der Waals surface area contributed by atoms with E-state index in [1.807, 2.05) is 27.7 Å². The molecule has 7 unspecified atom stereocenters. The molecule has 0 radical (unpaired) electrons. The maximum Gasteiger partial charge on any atom is 0.333 e. The molecule has 0 spiro atoms. The Morgan fingerprint density at radius 2 is 1.54 bits per heavy atom. The predicted octanol–water partition coefficient (Wildman–Crippen LogP) is 1.85. The Hall–Kier alpha value is -5.78. The van der Waals surface area contributed by atoms with Crippen molar-refractivity contribution in [2.24, 2.45) is 17.8 Å². The molecule has 18 nitrogen and oxygen atoms in total. The number of rotatable bonds is 7. The van der Waals surface area contributed by atoms with Crippen LogP contribution in [0.15, 0.2) is 48.7 Å². The summed E-state index contributed by atoms with van der Waals surface area (Å²) in [5.74, 6) is -7.41. The van der Waals surface area contributed by atoms with Gasteiger partial charge in [-0.05, 0) is 62.1 Å². The van der Waals surface area contributed by atoms with Crippen LogP contribution >= 0.6 is 11.6 Å². The van der Waals surface area contributed by atoms with Gasteiger partial charge in [0.2, 0.25) is 35.4 Å². The van der Waals surface area contributed by atoms with Gasteiger partial charge in [0.05, 0.1) is 11.9 Å². The zero-order chi connectivity index (χ0) is 47.0. The van der Waals surface area contributed by atoms with E-state index in [9.17, 15) is 43.5 Å². The number of carbonyl (C=O) groups excluding carboxylic acids is 8. The van der Waals surface area contributed by atoms with Crippen LogP contribution in [-0.2, 0) is 38.3 Å². The molecule has 1 aromatic heterocycles. The molecular formula is C44H61ClN8O10. The summed E-state index contributed by atoms with van der Waals surface area (Å²) in [6.45, 7) is 11.4. The van der Waals surface area contributed by atoms with E-state index in [4.69, 9.17) is 16.3 Å². The number of aromatic nitrogens is 1. The van der Waals surface area contributed by atoms with Crippen molar-refractivity contribution in [2.45, 2.75) is 109 Å². The molecule has 2 saturated heterocycles. The van der Waals surface area contributed by atoms with Crippen LogP contribution in [0.25, 0.3) is 0 Å². The number of fused-ring (bicyclic) bond motifs is 1. The summed E-state index contributed by atoms with van der Waals surface area (Å²) in [4.78, 5) is 122. The Morgan fingerprint density at radius 1 is 0.889 bits per heavy atom. The minimum absolute atomic E-state index is 0.0421. The van der Waals surface area contributed by atoms with Crippen molar-refractivity contribution in [1.82, 2.24) is 40.5 Å². The third-order valence-electron chi connectivity index (χ3n) is 11.7. The van der Waals surface area contributed by atoms with E-state index < -0.39 is 119 Å². The first-order chi connectivity index (χ1) is 29.5. The van der Waals surface area contributed by atoms with Gasteiger partial charge in [0, 0.05) is 33.9 Å². The summed E-state index contributed by atoms with van der Waals surface area (Å²) >= 11 is 6.59. The fraction of sp³-hybridized carbons (Fsp3) is 0.568. The fourth-order valence-electron chi connectivity index (χ4n) is 7.79. The number of benzene rings is 1. The number of nitrogens with zero attached hydrogens (tertiary/aromatic N) is 5. The molecule has 4 rings (SSSR count). The van der Waals surface area contributed by atoms with Crippen LogP contribution in [0.2, 0.25) is 0 Å². The average Bonchev–Trinajstić information content (AvgIpc) is 3.62. The SMILES string of the molecule is CC(C)CC1NC(=O)C(NC(=O)c2ncccc2O)C(C)OC(=O)C(c2ccccc2)N(C)C(=O)C(C)NC(=O)C(C(C)C(C)C)N(C)C(=O)CN(C)C(=O)[C@@H]2C[C@@H](Cl)CN2C1=O. The molecule has 2 aliphatic rings. The fourth-order valence-corrected chi connectivity index (χ4v) is 8.11. The van der Waals surface area contributed by atoms with Gasteiger partial charge >= 0.3 is 5.97 Å². The van der Waals surface area contributed by atoms with Crippen LogP contribution in [0.5, 0.6) is 5.75 Å². The molecule has 9 atom stereocenters. The van der Waals surface area contributed by atoms with Crippen molar-refractivity contribution in [3.05, 3.63) is 59.9 Å². The molecule has 0 bridgehead atoms. The maximum atomic E-state index is 14.5. The molecule has 0 saturated carbocycles. The molecule has 3 heterocycles. The number of halogens is 1. The third-order valence-corrected chi connectivity index (χ3v) is 12.0. The van der Waals surface area contributed by atoms with E-state index in [0.29, 0.717) is 5.56 Å². The average molecular weight is 897 g/mol. The second-order valence-corrected chi connectivity index (χ2v) is 17.9. The van der Waals surface area contributed by atoms with Gasteiger partial charge in [0.15, 0.2) is 11.7 Å². The summed E-state index contributed by atoms with van der Waals surface area (Å²) < 4.78 is 5.92. The molecule has 2 aliphatic heterocycles. The first-order valence-electron chi connectivity index (χ1n) is 21.1. The van der Waals surface area contributed by atoms with Gasteiger partial charge in [-0.25, -0.2) is 9.78 Å². The Labute approximate surface area is 373 Å². The number of carbonyl (C=O) groups is 8. The molecule has 7 amide bonds. The van der Waals surface area contributed by atoms with Crippen molar-refractivity contribution in [3.63, 3.8) is 0 Å². The number of pyridine rings is 1. The zero-order valence-electron chi connectivity index (χ0n) is 37.5. The number of alkyl halides is 1. The summed E-state index contributed by atoms with van der Waals surface area (Å²) in [6.07, 6.45) is -0.119. The molecule has 2 aromatic rings. The van der Waals surface area contributed by atoms with E-state index >= 15 is 0 Å². The van der Waals surface area contributed by atoms with E-state index in [0.717, 1.165) is 9.80 Å². The van der Waals surface area contributed by atoms with Gasteiger partial charge in [-0.3, -0.25) is 33.6 Å². The first kappa shape index (κ1) is 49.9. The maximum absolute atomic E-state index is 14.5. The quantitative estimate of drug-likeness (QED) is 0.232. The molecular weight excluding hydrogens is 836 g/mol. The van der Waals surface area contributed by atoms with Crippen LogP contribution in [-0.4, -0.2) is 153 Å². The van der Waals surface area contributed by atoms with Crippen molar-refractivity contribution in [2.75, 3.05) is 34.2 Å². The largest absolute Gasteiger partial charge is 0.505 e. The van der Waals surface area contributed by atoms with Gasteiger partial charge < -0.3 is 45.4 Å². The highest BCUT2D eigenvalue weighted by Crippen LogP contribution is 2.28. The van der Waals surface area contributed by atoms with Crippen molar-refractivity contribution in [3.8, 4) is 5.75 Å². The summed E-state index contributed by atoms with van der Waals surface area (Å²) in [5.41, 5.74) is -0.122. The lowest BCUT2D eigenvalue weighted by atomic mass is 9.88. The Morgan fingerprint density at radius 3 is 2.14 bits per heavy atom. The predicted molar refractivity (Wildman–Crippen MR) is 232 cm³/mol. The van der Waals surface area contributed by atoms with Crippen LogP contribution in [0, 0.1) is 17.8 Å². The van der Waals surface area contributed by atoms with E-state index in [1.165, 1.54) is 63.1 Å². The molecule has 63 heavy (non-hydrogen) atoms. The number of aromatic hydroxyl groups is 1. The van der Waals surface area contributed by atoms with E-state index in [2.05, 4.69) is 20.9 Å². The van der Waals surface area contributed by atoms with Gasteiger partial charge in [0.1, 0.15) is 42.1 Å². The highest BCUT2D eigenvalue weighted by molar-refractivity contribution is 6.21. The highest BCUT2D eigenvalue weighted by atomic mass is 35.5. The topological polar surface area (TPSA) is 228 Å². The van der Waals surface area contributed by atoms with Crippen LogP contribution in [0.4, 0.5) is 0 Å². The second-order valence-electron chi connectivity index (χ2n) is 17.2. The number of nitrogens with one attached hydrogen (secondary N) is 3. The number of likely N-dealkylation sites (N-methyl/N-ethyl adjacent to an activating group) is 3. The lowest BCUT2D eigenvalue weighted by Crippen LogP contribution is -2.60. The summed E-state index contributed by atoms with van der Waals surface area (Å²) in [5, 5.41) is 17.7. The van der Waals surface area contributed by atoms with Gasteiger partial charge in [-0.1, -0.05) is 65.0 Å². The Kier molecular flexibility index (Phi) is 17.0. The lowest BCUT2D eigenvalue weighted by Gasteiger charge is -2.37. The number of hydrogen-bond acceptors (Lipinski definition) is 11. The Bertz CT molecular complexity index is 2020.